The molecule has 0 fully saturated rings. The van der Waals surface area contributed by atoms with Gasteiger partial charge in [-0.25, -0.2) is 4.79 Å². The molecule has 0 bridgehead atoms. The van der Waals surface area contributed by atoms with Gasteiger partial charge in [-0.2, -0.15) is 10.2 Å². The van der Waals surface area contributed by atoms with E-state index in [0.29, 0.717) is 12.0 Å². The average Bonchev–Trinajstić information content (AvgIpc) is 2.57. The Balaban J connectivity index is 3.02. The van der Waals surface area contributed by atoms with Crippen LogP contribution in [0.1, 0.15) is 57.6 Å². The number of nitrogen functional groups attached to an aromatic ring is 1. The van der Waals surface area contributed by atoms with E-state index in [1.807, 2.05) is 6.07 Å². The highest BCUT2D eigenvalue weighted by atomic mass is 16.6. The fourth-order valence-electron chi connectivity index (χ4n) is 2.53. The van der Waals surface area contributed by atoms with Gasteiger partial charge in [0.1, 0.15) is 23.1 Å². The van der Waals surface area contributed by atoms with Crippen LogP contribution in [-0.2, 0) is 15.9 Å². The Morgan fingerprint density at radius 3 is 2.44 bits per heavy atom. The van der Waals surface area contributed by atoms with Gasteiger partial charge < -0.3 is 19.9 Å². The molecule has 1 aromatic rings. The predicted octanol–water partition coefficient (Wildman–Crippen LogP) is 3.64. The van der Waals surface area contributed by atoms with Gasteiger partial charge in [-0.3, -0.25) is 5.32 Å². The lowest BCUT2D eigenvalue weighted by Crippen LogP contribution is -2.28. The number of unbranched alkanes of at least 4 members (excludes halogenated alkanes) is 3. The number of amides is 1. The van der Waals surface area contributed by atoms with E-state index in [1.54, 1.807) is 27.9 Å². The Kier molecular flexibility index (Phi) is 8.82. The van der Waals surface area contributed by atoms with E-state index in [0.717, 1.165) is 32.3 Å². The van der Waals surface area contributed by atoms with E-state index in [9.17, 15) is 10.1 Å². The highest BCUT2D eigenvalue weighted by Crippen LogP contribution is 2.32. The second-order valence-electron chi connectivity index (χ2n) is 7.13. The average molecular weight is 378 g/mol. The fraction of sp³-hybridized carbons (Fsp3) is 0.632. The van der Waals surface area contributed by atoms with Crippen molar-refractivity contribution in [1.82, 2.24) is 4.98 Å². The number of anilines is 2. The van der Waals surface area contributed by atoms with E-state index < -0.39 is 11.7 Å². The molecule has 8 heteroatoms. The van der Waals surface area contributed by atoms with Crippen molar-refractivity contribution in [1.29, 1.82) is 5.26 Å². The lowest BCUT2D eigenvalue weighted by atomic mass is 10.0. The van der Waals surface area contributed by atoms with Gasteiger partial charge in [-0.15, -0.1) is 0 Å². The first kappa shape index (κ1) is 22.5. The Labute approximate surface area is 161 Å². The number of carbonyl (C=O) groups is 1. The van der Waals surface area contributed by atoms with Gasteiger partial charge in [-0.05, 0) is 40.0 Å². The van der Waals surface area contributed by atoms with Crippen LogP contribution < -0.4 is 15.8 Å². The smallest absolute Gasteiger partial charge is 0.413 e. The number of rotatable bonds is 9. The number of ether oxygens (including phenoxy) is 3. The lowest BCUT2D eigenvalue weighted by molar-refractivity contribution is 0.0635. The molecule has 3 N–H and O–H groups in total. The molecule has 0 aliphatic heterocycles. The molecule has 0 radical (unpaired) electrons. The standard InChI is InChI=1S/C19H30N4O4/c1-19(2,3)27-18(24)23-16-13(10-8-6-7-9-11-25-4)15(21)14(12-20)17(22-16)26-5/h6-11H2,1-5H3,(H3,21,22,23,24). The summed E-state index contributed by atoms with van der Waals surface area (Å²) in [5, 5.41) is 12.0. The summed E-state index contributed by atoms with van der Waals surface area (Å²) in [6, 6.07) is 2.02. The van der Waals surface area contributed by atoms with Gasteiger partial charge >= 0.3 is 6.09 Å². The number of hydrogen-bond donors (Lipinski definition) is 2. The van der Waals surface area contributed by atoms with Crippen molar-refractivity contribution in [3.05, 3.63) is 11.1 Å². The number of nitriles is 1. The topological polar surface area (TPSA) is 119 Å². The number of carbonyl (C=O) groups excluding carboxylic acids is 1. The van der Waals surface area contributed by atoms with Crippen LogP contribution in [-0.4, -0.2) is 37.5 Å². The number of nitrogens with two attached hydrogens (primary N) is 1. The molecule has 150 valence electrons. The second-order valence-corrected chi connectivity index (χ2v) is 7.13. The van der Waals surface area contributed by atoms with Gasteiger partial charge in [0.25, 0.3) is 0 Å². The van der Waals surface area contributed by atoms with E-state index in [4.69, 9.17) is 19.9 Å². The molecule has 1 aromatic heterocycles. The van der Waals surface area contributed by atoms with E-state index >= 15 is 0 Å². The summed E-state index contributed by atoms with van der Waals surface area (Å²) in [6.07, 6.45) is 3.77. The third kappa shape index (κ3) is 7.31. The molecular formula is C19H30N4O4. The summed E-state index contributed by atoms with van der Waals surface area (Å²) in [5.41, 5.74) is 6.59. The quantitative estimate of drug-likeness (QED) is 0.629. The minimum Gasteiger partial charge on any atom is -0.480 e. The van der Waals surface area contributed by atoms with Crippen LogP contribution in [0.4, 0.5) is 16.3 Å². The molecule has 0 saturated heterocycles. The molecule has 0 unspecified atom stereocenters. The van der Waals surface area contributed by atoms with Crippen LogP contribution in [0.2, 0.25) is 0 Å². The number of aromatic nitrogens is 1. The highest BCUT2D eigenvalue weighted by molar-refractivity contribution is 5.87. The normalized spacial score (nSPS) is 11.0. The maximum absolute atomic E-state index is 12.2. The third-order valence-electron chi connectivity index (χ3n) is 3.76. The zero-order chi connectivity index (χ0) is 20.4. The molecular weight excluding hydrogens is 348 g/mol. The molecule has 0 aliphatic carbocycles. The van der Waals surface area contributed by atoms with E-state index in [1.165, 1.54) is 7.11 Å². The molecule has 0 aromatic carbocycles. The molecule has 1 amide bonds. The molecule has 0 saturated carbocycles. The van der Waals surface area contributed by atoms with E-state index in [-0.39, 0.29) is 22.9 Å². The van der Waals surface area contributed by atoms with Crippen molar-refractivity contribution < 1.29 is 19.0 Å². The Hall–Kier alpha value is -2.53. The first-order valence-corrected chi connectivity index (χ1v) is 8.98. The molecule has 1 heterocycles. The molecule has 0 aliphatic rings. The van der Waals surface area contributed by atoms with Crippen molar-refractivity contribution in [3.8, 4) is 11.9 Å². The van der Waals surface area contributed by atoms with Gasteiger partial charge in [-0.1, -0.05) is 12.8 Å². The van der Waals surface area contributed by atoms with Crippen LogP contribution in [0.15, 0.2) is 0 Å². The third-order valence-corrected chi connectivity index (χ3v) is 3.76. The molecule has 8 nitrogen and oxygen atoms in total. The van der Waals surface area contributed by atoms with Crippen LogP contribution in [0.25, 0.3) is 0 Å². The first-order valence-electron chi connectivity index (χ1n) is 8.98. The summed E-state index contributed by atoms with van der Waals surface area (Å²) in [4.78, 5) is 16.4. The number of pyridine rings is 1. The SMILES string of the molecule is COCCCCCCc1c(NC(=O)OC(C)(C)C)nc(OC)c(C#N)c1N. The van der Waals surface area contributed by atoms with Crippen LogP contribution >= 0.6 is 0 Å². The van der Waals surface area contributed by atoms with Crippen LogP contribution in [0.3, 0.4) is 0 Å². The molecule has 1 rings (SSSR count). The van der Waals surface area contributed by atoms with Gasteiger partial charge in [0.15, 0.2) is 0 Å². The lowest BCUT2D eigenvalue weighted by Gasteiger charge is -2.21. The van der Waals surface area contributed by atoms with Gasteiger partial charge in [0.05, 0.1) is 12.8 Å². The molecule has 0 atom stereocenters. The zero-order valence-corrected chi connectivity index (χ0v) is 16.8. The van der Waals surface area contributed by atoms with E-state index in [2.05, 4.69) is 10.3 Å². The number of nitrogens with zero attached hydrogens (tertiary/aromatic N) is 2. The fourth-order valence-corrected chi connectivity index (χ4v) is 2.53. The van der Waals surface area contributed by atoms with Crippen LogP contribution in [0, 0.1) is 11.3 Å². The molecule has 0 spiro atoms. The monoisotopic (exact) mass is 378 g/mol. The number of hydrogen-bond acceptors (Lipinski definition) is 7. The maximum Gasteiger partial charge on any atom is 0.413 e. The van der Waals surface area contributed by atoms with Crippen molar-refractivity contribution in [3.63, 3.8) is 0 Å². The largest absolute Gasteiger partial charge is 0.480 e. The Morgan fingerprint density at radius 2 is 1.89 bits per heavy atom. The van der Waals surface area contributed by atoms with Crippen molar-refractivity contribution in [2.24, 2.45) is 0 Å². The summed E-state index contributed by atoms with van der Waals surface area (Å²) in [7, 11) is 3.08. The maximum atomic E-state index is 12.2. The second kappa shape index (κ2) is 10.6. The van der Waals surface area contributed by atoms with Gasteiger partial charge in [0.2, 0.25) is 5.88 Å². The zero-order valence-electron chi connectivity index (χ0n) is 16.8. The Bertz CT molecular complexity index is 678. The molecule has 27 heavy (non-hydrogen) atoms. The summed E-state index contributed by atoms with van der Waals surface area (Å²) >= 11 is 0. The van der Waals surface area contributed by atoms with Gasteiger partial charge in [0, 0.05) is 19.3 Å². The summed E-state index contributed by atoms with van der Waals surface area (Å²) in [6.45, 7) is 6.05. The summed E-state index contributed by atoms with van der Waals surface area (Å²) < 4.78 is 15.5. The predicted molar refractivity (Wildman–Crippen MR) is 104 cm³/mol. The Morgan fingerprint density at radius 1 is 1.22 bits per heavy atom. The first-order chi connectivity index (χ1) is 12.7. The number of nitrogens with one attached hydrogen (secondary N) is 1. The van der Waals surface area contributed by atoms with Crippen molar-refractivity contribution in [2.45, 2.75) is 58.5 Å². The van der Waals surface area contributed by atoms with Crippen molar-refractivity contribution in [2.75, 3.05) is 31.9 Å². The highest BCUT2D eigenvalue weighted by Gasteiger charge is 2.22. The summed E-state index contributed by atoms with van der Waals surface area (Å²) in [5.74, 6) is 0.333. The minimum atomic E-state index is -0.645. The van der Waals surface area contributed by atoms with Crippen molar-refractivity contribution >= 4 is 17.6 Å². The minimum absolute atomic E-state index is 0.0740. The number of methoxy groups -OCH3 is 2. The van der Waals surface area contributed by atoms with Crippen LogP contribution in [0.5, 0.6) is 5.88 Å².